The maximum Gasteiger partial charge on any atom is 0.299 e. The Balaban J connectivity index is 1.74. The standard InChI is InChI=1S/C26H29F2N5O4S/c1-4-29-38(36,37)32-22-7-5-6-16(23(22)28)13-17-14-19(25(34)30-18-9-10-18)24(33(3)26(17)35)31-21-11-8-15(2)12-20(21)27/h5-8,11-12,14,18,29,31-32H,4,9-10,13H2,1-3H3,(H,30,34). The molecular formula is C26H29F2N5O4S. The van der Waals surface area contributed by atoms with Crippen molar-refractivity contribution in [1.82, 2.24) is 14.6 Å². The van der Waals surface area contributed by atoms with Crippen LogP contribution < -0.4 is 25.6 Å². The molecule has 1 amide bonds. The predicted molar refractivity (Wildman–Crippen MR) is 142 cm³/mol. The smallest absolute Gasteiger partial charge is 0.299 e. The lowest BCUT2D eigenvalue weighted by Crippen LogP contribution is -2.31. The largest absolute Gasteiger partial charge is 0.349 e. The van der Waals surface area contributed by atoms with Crippen molar-refractivity contribution < 1.29 is 22.0 Å². The second-order valence-corrected chi connectivity index (χ2v) is 10.7. The van der Waals surface area contributed by atoms with E-state index in [2.05, 4.69) is 20.1 Å². The number of hydrogen-bond acceptors (Lipinski definition) is 5. The second kappa shape index (κ2) is 10.9. The summed E-state index contributed by atoms with van der Waals surface area (Å²) in [5.41, 5.74) is 0.248. The van der Waals surface area contributed by atoms with Crippen LogP contribution in [-0.4, -0.2) is 31.5 Å². The molecule has 9 nitrogen and oxygen atoms in total. The molecule has 202 valence electrons. The van der Waals surface area contributed by atoms with E-state index in [-0.39, 0.29) is 52.9 Å². The Morgan fingerprint density at radius 1 is 1.08 bits per heavy atom. The van der Waals surface area contributed by atoms with E-state index < -0.39 is 33.3 Å². The molecule has 4 N–H and O–H groups in total. The van der Waals surface area contributed by atoms with E-state index in [0.717, 1.165) is 12.8 Å². The molecule has 4 rings (SSSR count). The summed E-state index contributed by atoms with van der Waals surface area (Å²) in [6.45, 7) is 3.45. The number of carbonyl (C=O) groups is 1. The fraction of sp³-hybridized carbons (Fsp3) is 0.308. The molecule has 1 saturated carbocycles. The Morgan fingerprint density at radius 2 is 1.82 bits per heavy atom. The molecule has 3 aromatic rings. The van der Waals surface area contributed by atoms with Gasteiger partial charge in [0, 0.05) is 31.6 Å². The van der Waals surface area contributed by atoms with Crippen LogP contribution in [0, 0.1) is 18.6 Å². The highest BCUT2D eigenvalue weighted by atomic mass is 32.2. The Bertz CT molecular complexity index is 1550. The lowest BCUT2D eigenvalue weighted by Gasteiger charge is -2.18. The summed E-state index contributed by atoms with van der Waals surface area (Å²) in [6, 6.07) is 10.1. The van der Waals surface area contributed by atoms with E-state index in [1.165, 1.54) is 48.0 Å². The number of hydrogen-bond donors (Lipinski definition) is 4. The molecule has 1 fully saturated rings. The van der Waals surface area contributed by atoms with Crippen molar-refractivity contribution in [1.29, 1.82) is 0 Å². The van der Waals surface area contributed by atoms with Gasteiger partial charge in [0.25, 0.3) is 21.7 Å². The minimum Gasteiger partial charge on any atom is -0.349 e. The minimum atomic E-state index is -3.97. The first-order valence-electron chi connectivity index (χ1n) is 12.1. The highest BCUT2D eigenvalue weighted by Gasteiger charge is 2.27. The topological polar surface area (TPSA) is 121 Å². The normalized spacial score (nSPS) is 13.3. The third-order valence-corrected chi connectivity index (χ3v) is 7.22. The molecule has 0 unspecified atom stereocenters. The molecule has 1 aliphatic carbocycles. The van der Waals surface area contributed by atoms with E-state index >= 15 is 4.39 Å². The quantitative estimate of drug-likeness (QED) is 0.311. The predicted octanol–water partition coefficient (Wildman–Crippen LogP) is 3.46. The number of halogens is 2. The number of carbonyl (C=O) groups excluding carboxylic acids is 1. The maximum absolute atomic E-state index is 15.2. The van der Waals surface area contributed by atoms with Crippen LogP contribution in [0.4, 0.5) is 26.0 Å². The van der Waals surface area contributed by atoms with Crippen LogP contribution in [0.5, 0.6) is 0 Å². The summed E-state index contributed by atoms with van der Waals surface area (Å²) in [5, 5.41) is 5.74. The zero-order valence-electron chi connectivity index (χ0n) is 21.2. The van der Waals surface area contributed by atoms with Gasteiger partial charge in [-0.25, -0.2) is 8.78 Å². The minimum absolute atomic E-state index is 0.0195. The fourth-order valence-corrected chi connectivity index (χ4v) is 4.86. The molecule has 0 atom stereocenters. The molecular weight excluding hydrogens is 516 g/mol. The van der Waals surface area contributed by atoms with Crippen molar-refractivity contribution in [3.05, 3.63) is 86.7 Å². The highest BCUT2D eigenvalue weighted by molar-refractivity contribution is 7.90. The number of amides is 1. The first-order valence-corrected chi connectivity index (χ1v) is 13.6. The number of anilines is 3. The number of pyridine rings is 1. The fourth-order valence-electron chi connectivity index (χ4n) is 3.96. The van der Waals surface area contributed by atoms with E-state index in [1.54, 1.807) is 19.9 Å². The first-order chi connectivity index (χ1) is 18.0. The van der Waals surface area contributed by atoms with E-state index in [1.807, 2.05) is 0 Å². The third-order valence-electron chi connectivity index (χ3n) is 6.06. The highest BCUT2D eigenvalue weighted by Crippen LogP contribution is 2.27. The molecule has 1 heterocycles. The van der Waals surface area contributed by atoms with Gasteiger partial charge in [0.2, 0.25) is 0 Å². The average Bonchev–Trinajstić information content (AvgIpc) is 3.66. The summed E-state index contributed by atoms with van der Waals surface area (Å²) < 4.78 is 59.5. The lowest BCUT2D eigenvalue weighted by molar-refractivity contribution is 0.0951. The van der Waals surface area contributed by atoms with Crippen molar-refractivity contribution in [3.8, 4) is 0 Å². The molecule has 0 radical (unpaired) electrons. The van der Waals surface area contributed by atoms with Gasteiger partial charge in [0.1, 0.15) is 11.6 Å². The molecule has 0 saturated heterocycles. The summed E-state index contributed by atoms with van der Waals surface area (Å²) in [6.07, 6.45) is 1.46. The van der Waals surface area contributed by atoms with Crippen molar-refractivity contribution in [2.24, 2.45) is 7.05 Å². The van der Waals surface area contributed by atoms with Gasteiger partial charge in [-0.05, 0) is 55.2 Å². The van der Waals surface area contributed by atoms with E-state index in [4.69, 9.17) is 0 Å². The number of aryl methyl sites for hydroxylation is 1. The summed E-state index contributed by atoms with van der Waals surface area (Å²) in [7, 11) is -2.54. The number of aromatic nitrogens is 1. The zero-order chi connectivity index (χ0) is 27.6. The number of nitrogens with zero attached hydrogens (tertiary/aromatic N) is 1. The van der Waals surface area contributed by atoms with Crippen LogP contribution in [0.1, 0.15) is 46.8 Å². The summed E-state index contributed by atoms with van der Waals surface area (Å²) >= 11 is 0. The van der Waals surface area contributed by atoms with Crippen LogP contribution >= 0.6 is 0 Å². The van der Waals surface area contributed by atoms with Crippen molar-refractivity contribution in [3.63, 3.8) is 0 Å². The molecule has 0 aliphatic heterocycles. The molecule has 0 spiro atoms. The molecule has 38 heavy (non-hydrogen) atoms. The van der Waals surface area contributed by atoms with E-state index in [0.29, 0.717) is 5.56 Å². The monoisotopic (exact) mass is 545 g/mol. The van der Waals surface area contributed by atoms with Crippen LogP contribution in [-0.2, 0) is 23.7 Å². The molecule has 2 aromatic carbocycles. The summed E-state index contributed by atoms with van der Waals surface area (Å²) in [4.78, 5) is 26.4. The van der Waals surface area contributed by atoms with Crippen LogP contribution in [0.15, 0.2) is 47.3 Å². The van der Waals surface area contributed by atoms with Crippen LogP contribution in [0.25, 0.3) is 0 Å². The Labute approximate surface area is 219 Å². The van der Waals surface area contributed by atoms with Crippen molar-refractivity contribution in [2.75, 3.05) is 16.6 Å². The Hall–Kier alpha value is -3.77. The van der Waals surface area contributed by atoms with Gasteiger partial charge in [-0.15, -0.1) is 0 Å². The number of rotatable bonds is 10. The molecule has 12 heteroatoms. The number of benzene rings is 2. The second-order valence-electron chi connectivity index (χ2n) is 9.21. The Morgan fingerprint density at radius 3 is 2.47 bits per heavy atom. The average molecular weight is 546 g/mol. The molecule has 0 bridgehead atoms. The van der Waals surface area contributed by atoms with Gasteiger partial charge >= 0.3 is 0 Å². The van der Waals surface area contributed by atoms with Crippen LogP contribution in [0.2, 0.25) is 0 Å². The SMILES string of the molecule is CCNS(=O)(=O)Nc1cccc(Cc2cc(C(=O)NC3CC3)c(Nc3ccc(C)cc3F)n(C)c2=O)c1F. The van der Waals surface area contributed by atoms with Crippen LogP contribution in [0.3, 0.4) is 0 Å². The van der Waals surface area contributed by atoms with Crippen molar-refractivity contribution >= 4 is 33.3 Å². The third kappa shape index (κ3) is 6.20. The van der Waals surface area contributed by atoms with Gasteiger partial charge < -0.3 is 10.6 Å². The maximum atomic E-state index is 15.2. The lowest BCUT2D eigenvalue weighted by atomic mass is 10.0. The summed E-state index contributed by atoms with van der Waals surface area (Å²) in [5.74, 6) is -1.75. The van der Waals surface area contributed by atoms with E-state index in [9.17, 15) is 22.4 Å². The van der Waals surface area contributed by atoms with Gasteiger partial charge in [0.15, 0.2) is 5.82 Å². The molecule has 1 aromatic heterocycles. The van der Waals surface area contributed by atoms with Gasteiger partial charge in [0.05, 0.1) is 16.9 Å². The van der Waals surface area contributed by atoms with Gasteiger partial charge in [-0.2, -0.15) is 13.1 Å². The van der Waals surface area contributed by atoms with Crippen molar-refractivity contribution in [2.45, 2.75) is 39.2 Å². The Kier molecular flexibility index (Phi) is 7.83. The van der Waals surface area contributed by atoms with Gasteiger partial charge in [-0.1, -0.05) is 25.1 Å². The zero-order valence-corrected chi connectivity index (χ0v) is 22.0. The first kappa shape index (κ1) is 27.3. The number of nitrogens with one attached hydrogen (secondary N) is 4. The van der Waals surface area contributed by atoms with Gasteiger partial charge in [-0.3, -0.25) is 18.9 Å². The molecule has 1 aliphatic rings.